The van der Waals surface area contributed by atoms with Crippen molar-refractivity contribution < 1.29 is 0 Å². The van der Waals surface area contributed by atoms with Crippen LogP contribution >= 0.6 is 0 Å². The number of imidazole rings is 1. The van der Waals surface area contributed by atoms with E-state index in [4.69, 9.17) is 0 Å². The van der Waals surface area contributed by atoms with E-state index >= 15 is 0 Å². The lowest BCUT2D eigenvalue weighted by Gasteiger charge is -2.20. The molecule has 1 fully saturated rings. The standard InChI is InChI=1S/C16H23N5/c1-13-8-18-21(10-13)15-5-7-19(11-15)12-16-17-9-14-4-2-3-6-20(14)16/h8-10,15H,2-7,11-12H2,1H3. The molecular formula is C16H23N5. The summed E-state index contributed by atoms with van der Waals surface area (Å²) in [4.78, 5) is 7.18. The molecule has 4 rings (SSSR count). The van der Waals surface area contributed by atoms with Crippen LogP contribution in [0.3, 0.4) is 0 Å². The molecule has 5 nitrogen and oxygen atoms in total. The lowest BCUT2D eigenvalue weighted by atomic mass is 10.1. The normalized spacial score (nSPS) is 22.6. The average molecular weight is 285 g/mol. The maximum absolute atomic E-state index is 4.66. The van der Waals surface area contributed by atoms with E-state index in [2.05, 4.69) is 43.5 Å². The number of fused-ring (bicyclic) bond motifs is 1. The highest BCUT2D eigenvalue weighted by atomic mass is 15.3. The first-order valence-electron chi connectivity index (χ1n) is 8.06. The minimum atomic E-state index is 0.523. The summed E-state index contributed by atoms with van der Waals surface area (Å²) in [5, 5.41) is 4.47. The highest BCUT2D eigenvalue weighted by Gasteiger charge is 2.26. The van der Waals surface area contributed by atoms with Gasteiger partial charge in [-0.1, -0.05) is 0 Å². The first kappa shape index (κ1) is 13.1. The van der Waals surface area contributed by atoms with Gasteiger partial charge in [-0.2, -0.15) is 5.10 Å². The molecule has 5 heteroatoms. The molecule has 0 amide bonds. The van der Waals surface area contributed by atoms with Gasteiger partial charge in [-0.05, 0) is 38.2 Å². The van der Waals surface area contributed by atoms with Crippen LogP contribution in [0.5, 0.6) is 0 Å². The fourth-order valence-corrected chi connectivity index (χ4v) is 3.63. The van der Waals surface area contributed by atoms with Gasteiger partial charge < -0.3 is 4.57 Å². The zero-order chi connectivity index (χ0) is 14.2. The van der Waals surface area contributed by atoms with Crippen molar-refractivity contribution >= 4 is 0 Å². The number of likely N-dealkylation sites (tertiary alicyclic amines) is 1. The van der Waals surface area contributed by atoms with E-state index in [1.54, 1.807) is 0 Å². The van der Waals surface area contributed by atoms with E-state index in [-0.39, 0.29) is 0 Å². The van der Waals surface area contributed by atoms with Crippen LogP contribution in [0.4, 0.5) is 0 Å². The van der Waals surface area contributed by atoms with Gasteiger partial charge in [-0.3, -0.25) is 9.58 Å². The van der Waals surface area contributed by atoms with Gasteiger partial charge in [0.05, 0.1) is 18.8 Å². The summed E-state index contributed by atoms with van der Waals surface area (Å²) in [6.45, 7) is 6.47. The van der Waals surface area contributed by atoms with Gasteiger partial charge >= 0.3 is 0 Å². The molecule has 2 aromatic rings. The predicted octanol–water partition coefficient (Wildman–Crippen LogP) is 2.17. The second-order valence-electron chi connectivity index (χ2n) is 6.45. The molecule has 112 valence electrons. The molecule has 21 heavy (non-hydrogen) atoms. The van der Waals surface area contributed by atoms with Crippen molar-refractivity contribution in [1.29, 1.82) is 0 Å². The van der Waals surface area contributed by atoms with Crippen LogP contribution < -0.4 is 0 Å². The van der Waals surface area contributed by atoms with Crippen molar-refractivity contribution in [2.75, 3.05) is 13.1 Å². The Kier molecular flexibility index (Phi) is 3.30. The topological polar surface area (TPSA) is 38.9 Å². The van der Waals surface area contributed by atoms with Crippen LogP contribution in [-0.4, -0.2) is 37.3 Å². The van der Waals surface area contributed by atoms with Crippen molar-refractivity contribution in [2.24, 2.45) is 0 Å². The largest absolute Gasteiger partial charge is 0.331 e. The van der Waals surface area contributed by atoms with Gasteiger partial charge in [0, 0.05) is 37.7 Å². The van der Waals surface area contributed by atoms with Crippen molar-refractivity contribution in [3.05, 3.63) is 35.7 Å². The molecule has 1 saturated heterocycles. The zero-order valence-electron chi connectivity index (χ0n) is 12.7. The Hall–Kier alpha value is -1.62. The lowest BCUT2D eigenvalue weighted by molar-refractivity contribution is 0.296. The monoisotopic (exact) mass is 285 g/mol. The molecule has 2 aliphatic heterocycles. The Morgan fingerprint density at radius 1 is 1.24 bits per heavy atom. The van der Waals surface area contributed by atoms with E-state index in [1.807, 2.05) is 6.20 Å². The van der Waals surface area contributed by atoms with E-state index in [0.29, 0.717) is 6.04 Å². The highest BCUT2D eigenvalue weighted by Crippen LogP contribution is 2.24. The molecule has 2 aromatic heterocycles. The van der Waals surface area contributed by atoms with Crippen LogP contribution in [0.1, 0.15) is 42.4 Å². The quantitative estimate of drug-likeness (QED) is 0.867. The van der Waals surface area contributed by atoms with Crippen molar-refractivity contribution in [3.63, 3.8) is 0 Å². The van der Waals surface area contributed by atoms with Gasteiger partial charge in [-0.25, -0.2) is 4.98 Å². The molecule has 0 bridgehead atoms. The second kappa shape index (κ2) is 5.30. The number of hydrogen-bond donors (Lipinski definition) is 0. The Labute approximate surface area is 125 Å². The van der Waals surface area contributed by atoms with Crippen LogP contribution in [-0.2, 0) is 19.5 Å². The average Bonchev–Trinajstić information content (AvgIpc) is 3.20. The van der Waals surface area contributed by atoms with Gasteiger partial charge in [-0.15, -0.1) is 0 Å². The molecule has 0 N–H and O–H groups in total. The van der Waals surface area contributed by atoms with E-state index in [1.165, 1.54) is 42.8 Å². The van der Waals surface area contributed by atoms with Crippen LogP contribution in [0.15, 0.2) is 18.6 Å². The third-order valence-electron chi connectivity index (χ3n) is 4.80. The van der Waals surface area contributed by atoms with Crippen molar-refractivity contribution in [2.45, 2.75) is 51.7 Å². The van der Waals surface area contributed by atoms with E-state index < -0.39 is 0 Å². The summed E-state index contributed by atoms with van der Waals surface area (Å²) in [6, 6.07) is 0.523. The molecule has 0 saturated carbocycles. The SMILES string of the molecule is Cc1cnn(C2CCN(Cc3ncc4n3CCCC4)C2)c1. The van der Waals surface area contributed by atoms with E-state index in [0.717, 1.165) is 26.2 Å². The highest BCUT2D eigenvalue weighted by molar-refractivity contribution is 5.08. The predicted molar refractivity (Wildman–Crippen MR) is 81.1 cm³/mol. The Bertz CT molecular complexity index is 626. The Morgan fingerprint density at radius 3 is 3.05 bits per heavy atom. The van der Waals surface area contributed by atoms with E-state index in [9.17, 15) is 0 Å². The summed E-state index contributed by atoms with van der Waals surface area (Å²) in [5.74, 6) is 1.25. The van der Waals surface area contributed by atoms with Crippen molar-refractivity contribution in [3.8, 4) is 0 Å². The number of rotatable bonds is 3. The summed E-state index contributed by atoms with van der Waals surface area (Å²) < 4.78 is 4.57. The summed E-state index contributed by atoms with van der Waals surface area (Å²) in [7, 11) is 0. The summed E-state index contributed by atoms with van der Waals surface area (Å²) in [5.41, 5.74) is 2.67. The molecule has 0 aliphatic carbocycles. The lowest BCUT2D eigenvalue weighted by Crippen LogP contribution is -2.24. The molecule has 2 aliphatic rings. The molecule has 1 unspecified atom stereocenters. The second-order valence-corrected chi connectivity index (χ2v) is 6.45. The smallest absolute Gasteiger partial charge is 0.123 e. The number of hydrogen-bond acceptors (Lipinski definition) is 3. The summed E-state index contributed by atoms with van der Waals surface area (Å²) in [6.07, 6.45) is 11.2. The first-order chi connectivity index (χ1) is 10.3. The van der Waals surface area contributed by atoms with Crippen LogP contribution in [0.25, 0.3) is 0 Å². The number of aromatic nitrogens is 4. The summed E-state index contributed by atoms with van der Waals surface area (Å²) >= 11 is 0. The minimum absolute atomic E-state index is 0.523. The fourth-order valence-electron chi connectivity index (χ4n) is 3.63. The third-order valence-corrected chi connectivity index (χ3v) is 4.80. The minimum Gasteiger partial charge on any atom is -0.331 e. The van der Waals surface area contributed by atoms with Gasteiger partial charge in [0.25, 0.3) is 0 Å². The molecule has 4 heterocycles. The molecule has 0 spiro atoms. The maximum atomic E-state index is 4.66. The maximum Gasteiger partial charge on any atom is 0.123 e. The molecule has 1 atom stereocenters. The van der Waals surface area contributed by atoms with Gasteiger partial charge in [0.2, 0.25) is 0 Å². The molecule has 0 aromatic carbocycles. The fraction of sp³-hybridized carbons (Fsp3) is 0.625. The van der Waals surface area contributed by atoms with Gasteiger partial charge in [0.1, 0.15) is 5.82 Å². The third kappa shape index (κ3) is 2.50. The first-order valence-corrected chi connectivity index (χ1v) is 8.06. The van der Waals surface area contributed by atoms with Crippen molar-refractivity contribution in [1.82, 2.24) is 24.2 Å². The number of nitrogens with zero attached hydrogens (tertiary/aromatic N) is 5. The molecular weight excluding hydrogens is 262 g/mol. The van der Waals surface area contributed by atoms with Crippen LogP contribution in [0, 0.1) is 6.92 Å². The van der Waals surface area contributed by atoms with Gasteiger partial charge in [0.15, 0.2) is 0 Å². The Morgan fingerprint density at radius 2 is 2.19 bits per heavy atom. The van der Waals surface area contributed by atoms with Crippen LogP contribution in [0.2, 0.25) is 0 Å². The zero-order valence-corrected chi connectivity index (χ0v) is 12.7. The number of aryl methyl sites for hydroxylation is 2. The Balaban J connectivity index is 1.43. The molecule has 0 radical (unpaired) electrons.